The third-order valence-electron chi connectivity index (χ3n) is 3.52. The maximum absolute atomic E-state index is 14.4. The van der Waals surface area contributed by atoms with E-state index in [4.69, 9.17) is 13.9 Å². The summed E-state index contributed by atoms with van der Waals surface area (Å²) < 4.78 is 30.5. The Balaban J connectivity index is 1.74. The molecule has 7 heteroatoms. The third kappa shape index (κ3) is 3.88. The van der Waals surface area contributed by atoms with Crippen molar-refractivity contribution in [2.24, 2.45) is 0 Å². The van der Waals surface area contributed by atoms with Crippen LogP contribution in [0.4, 0.5) is 10.1 Å². The first kappa shape index (κ1) is 16.8. The summed E-state index contributed by atoms with van der Waals surface area (Å²) >= 11 is 0. The molecule has 1 N–H and O–H groups in total. The van der Waals surface area contributed by atoms with Gasteiger partial charge in [-0.1, -0.05) is 12.1 Å². The van der Waals surface area contributed by atoms with Crippen LogP contribution in [0, 0.1) is 12.7 Å². The van der Waals surface area contributed by atoms with Crippen LogP contribution in [0.2, 0.25) is 0 Å². The Kier molecular flexibility index (Phi) is 4.83. The highest BCUT2D eigenvalue weighted by molar-refractivity contribution is 5.50. The Morgan fingerprint density at radius 2 is 1.84 bits per heavy atom. The van der Waals surface area contributed by atoms with E-state index < -0.39 is 5.82 Å². The van der Waals surface area contributed by atoms with Crippen LogP contribution in [0.3, 0.4) is 0 Å². The lowest BCUT2D eigenvalue weighted by atomic mass is 10.2. The quantitative estimate of drug-likeness (QED) is 0.711. The van der Waals surface area contributed by atoms with Gasteiger partial charge in [0.1, 0.15) is 6.04 Å². The van der Waals surface area contributed by atoms with Crippen molar-refractivity contribution in [3.05, 3.63) is 60.1 Å². The number of rotatable bonds is 6. The molecule has 3 aromatic rings. The van der Waals surface area contributed by atoms with Gasteiger partial charge in [-0.3, -0.25) is 0 Å². The van der Waals surface area contributed by atoms with Crippen molar-refractivity contribution in [1.82, 2.24) is 10.2 Å². The normalized spacial score (nSPS) is 11.8. The van der Waals surface area contributed by atoms with Crippen molar-refractivity contribution >= 4 is 5.69 Å². The molecule has 1 heterocycles. The molecule has 0 aliphatic carbocycles. The first-order chi connectivity index (χ1) is 12.1. The molecule has 1 aromatic heterocycles. The molecule has 1 atom stereocenters. The second kappa shape index (κ2) is 7.21. The van der Waals surface area contributed by atoms with Crippen LogP contribution in [0.5, 0.6) is 17.2 Å². The van der Waals surface area contributed by atoms with Gasteiger partial charge in [0, 0.05) is 18.7 Å². The number of methoxy groups -OCH3 is 1. The van der Waals surface area contributed by atoms with Crippen LogP contribution in [0.1, 0.15) is 24.7 Å². The first-order valence-corrected chi connectivity index (χ1v) is 7.74. The fourth-order valence-electron chi connectivity index (χ4n) is 2.29. The second-order valence-corrected chi connectivity index (χ2v) is 5.42. The van der Waals surface area contributed by atoms with E-state index >= 15 is 0 Å². The lowest BCUT2D eigenvalue weighted by Gasteiger charge is -2.14. The van der Waals surface area contributed by atoms with Crippen LogP contribution >= 0.6 is 0 Å². The number of nitrogens with zero attached hydrogens (tertiary/aromatic N) is 2. The van der Waals surface area contributed by atoms with Gasteiger partial charge >= 0.3 is 0 Å². The first-order valence-electron chi connectivity index (χ1n) is 7.74. The van der Waals surface area contributed by atoms with Gasteiger partial charge in [-0.05, 0) is 31.2 Å². The Labute approximate surface area is 144 Å². The number of aryl methyl sites for hydroxylation is 1. The topological polar surface area (TPSA) is 69.4 Å². The fourth-order valence-corrected chi connectivity index (χ4v) is 2.29. The molecule has 3 rings (SSSR count). The molecule has 6 nitrogen and oxygen atoms in total. The standard InChI is InChI=1S/C18H18FN3O3/c1-11(18-22-21-12(2)24-18)20-13-8-9-15(14(19)10-13)25-17-7-5-4-6-16(17)23-3/h4-11,20H,1-3H3/t11-/m1/s1. The van der Waals surface area contributed by atoms with Crippen LogP contribution in [-0.4, -0.2) is 17.3 Å². The largest absolute Gasteiger partial charge is 0.493 e. The molecule has 2 aromatic carbocycles. The van der Waals surface area contributed by atoms with E-state index in [1.807, 2.05) is 13.0 Å². The van der Waals surface area contributed by atoms with E-state index in [0.29, 0.717) is 29.0 Å². The Morgan fingerprint density at radius 3 is 2.48 bits per heavy atom. The van der Waals surface area contributed by atoms with Crippen LogP contribution in [-0.2, 0) is 0 Å². The summed E-state index contributed by atoms with van der Waals surface area (Å²) in [4.78, 5) is 0. The van der Waals surface area contributed by atoms with E-state index in [1.165, 1.54) is 13.2 Å². The highest BCUT2D eigenvalue weighted by Crippen LogP contribution is 2.33. The molecule has 0 aliphatic rings. The van der Waals surface area contributed by atoms with Crippen LogP contribution in [0.15, 0.2) is 46.9 Å². The monoisotopic (exact) mass is 343 g/mol. The van der Waals surface area contributed by atoms with Gasteiger partial charge in [0.15, 0.2) is 23.1 Å². The lowest BCUT2D eigenvalue weighted by molar-refractivity contribution is 0.371. The molecular weight excluding hydrogens is 325 g/mol. The Bertz CT molecular complexity index is 866. The van der Waals surface area contributed by atoms with Crippen molar-refractivity contribution in [3.8, 4) is 17.2 Å². The van der Waals surface area contributed by atoms with Crippen molar-refractivity contribution in [1.29, 1.82) is 0 Å². The van der Waals surface area contributed by atoms with Gasteiger partial charge in [0.05, 0.1) is 7.11 Å². The number of hydrogen-bond donors (Lipinski definition) is 1. The highest BCUT2D eigenvalue weighted by atomic mass is 19.1. The minimum absolute atomic E-state index is 0.108. The summed E-state index contributed by atoms with van der Waals surface area (Å²) in [5, 5.41) is 10.8. The molecule has 0 bridgehead atoms. The molecule has 0 amide bonds. The number of nitrogens with one attached hydrogen (secondary N) is 1. The average molecular weight is 343 g/mol. The molecule has 25 heavy (non-hydrogen) atoms. The van der Waals surface area contributed by atoms with Gasteiger partial charge in [-0.15, -0.1) is 10.2 Å². The van der Waals surface area contributed by atoms with Crippen molar-refractivity contribution in [3.63, 3.8) is 0 Å². The summed E-state index contributed by atoms with van der Waals surface area (Å²) in [6.45, 7) is 3.57. The third-order valence-corrected chi connectivity index (χ3v) is 3.52. The molecule has 0 saturated heterocycles. The summed E-state index contributed by atoms with van der Waals surface area (Å²) in [6.07, 6.45) is 0. The molecule has 0 saturated carbocycles. The van der Waals surface area contributed by atoms with Crippen molar-refractivity contribution < 1.29 is 18.3 Å². The maximum atomic E-state index is 14.4. The van der Waals surface area contributed by atoms with E-state index in [-0.39, 0.29) is 11.8 Å². The molecule has 0 radical (unpaired) electrons. The fraction of sp³-hybridized carbons (Fsp3) is 0.222. The van der Waals surface area contributed by atoms with E-state index in [0.717, 1.165) is 0 Å². The molecule has 0 spiro atoms. The predicted octanol–water partition coefficient (Wildman–Crippen LogP) is 4.49. The number of ether oxygens (including phenoxy) is 2. The Hall–Kier alpha value is -3.09. The summed E-state index contributed by atoms with van der Waals surface area (Å²) in [7, 11) is 1.53. The van der Waals surface area contributed by atoms with Gasteiger partial charge < -0.3 is 19.2 Å². The molecule has 130 valence electrons. The second-order valence-electron chi connectivity index (χ2n) is 5.42. The molecule has 0 aliphatic heterocycles. The predicted molar refractivity (Wildman–Crippen MR) is 90.5 cm³/mol. The highest BCUT2D eigenvalue weighted by Gasteiger charge is 2.14. The minimum Gasteiger partial charge on any atom is -0.493 e. The van der Waals surface area contributed by atoms with Crippen LogP contribution < -0.4 is 14.8 Å². The summed E-state index contributed by atoms with van der Waals surface area (Å²) in [6, 6.07) is 11.4. The summed E-state index contributed by atoms with van der Waals surface area (Å²) in [5.41, 5.74) is 0.577. The van der Waals surface area contributed by atoms with E-state index in [2.05, 4.69) is 15.5 Å². The zero-order valence-corrected chi connectivity index (χ0v) is 14.1. The smallest absolute Gasteiger partial charge is 0.238 e. The van der Waals surface area contributed by atoms with Crippen LogP contribution in [0.25, 0.3) is 0 Å². The van der Waals surface area contributed by atoms with Crippen molar-refractivity contribution in [2.75, 3.05) is 12.4 Å². The van der Waals surface area contributed by atoms with Gasteiger partial charge in [0.2, 0.25) is 11.8 Å². The maximum Gasteiger partial charge on any atom is 0.238 e. The van der Waals surface area contributed by atoms with Gasteiger partial charge in [-0.25, -0.2) is 4.39 Å². The van der Waals surface area contributed by atoms with Crippen molar-refractivity contribution in [2.45, 2.75) is 19.9 Å². The average Bonchev–Trinajstić information content (AvgIpc) is 3.04. The summed E-state index contributed by atoms with van der Waals surface area (Å²) in [5.74, 6) is 1.51. The number of benzene rings is 2. The SMILES string of the molecule is COc1ccccc1Oc1ccc(N[C@H](C)c2nnc(C)o2)cc1F. The lowest BCUT2D eigenvalue weighted by Crippen LogP contribution is -2.07. The number of para-hydroxylation sites is 2. The number of hydrogen-bond acceptors (Lipinski definition) is 6. The van der Waals surface area contributed by atoms with E-state index in [1.54, 1.807) is 37.3 Å². The number of aromatic nitrogens is 2. The molecule has 0 unspecified atom stereocenters. The number of anilines is 1. The Morgan fingerprint density at radius 1 is 1.08 bits per heavy atom. The zero-order valence-electron chi connectivity index (χ0n) is 14.1. The van der Waals surface area contributed by atoms with Gasteiger partial charge in [-0.2, -0.15) is 0 Å². The zero-order chi connectivity index (χ0) is 17.8. The van der Waals surface area contributed by atoms with Gasteiger partial charge in [0.25, 0.3) is 0 Å². The molecule has 0 fully saturated rings. The molecular formula is C18H18FN3O3. The number of halogens is 1. The van der Waals surface area contributed by atoms with E-state index in [9.17, 15) is 4.39 Å². The minimum atomic E-state index is -0.496.